The molecule has 0 saturated carbocycles. The van der Waals surface area contributed by atoms with Crippen LogP contribution in [-0.4, -0.2) is 44.3 Å². The molecule has 0 spiro atoms. The van der Waals surface area contributed by atoms with Gasteiger partial charge in [-0.2, -0.15) is 0 Å². The quantitative estimate of drug-likeness (QED) is 0.321. The Balaban J connectivity index is 1.99. The lowest BCUT2D eigenvalue weighted by Gasteiger charge is -2.32. The first-order chi connectivity index (χ1) is 18.5. The van der Waals surface area contributed by atoms with Gasteiger partial charge in [-0.1, -0.05) is 60.9 Å². The van der Waals surface area contributed by atoms with E-state index in [1.807, 2.05) is 45.0 Å². The summed E-state index contributed by atoms with van der Waals surface area (Å²) in [5.41, 5.74) is 2.83. The van der Waals surface area contributed by atoms with Crippen LogP contribution >= 0.6 is 0 Å². The van der Waals surface area contributed by atoms with E-state index < -0.39 is 34.3 Å². The Bertz CT molecular complexity index is 1380. The van der Waals surface area contributed by atoms with Crippen LogP contribution in [0.15, 0.2) is 77.7 Å². The van der Waals surface area contributed by atoms with Crippen molar-refractivity contribution < 1.29 is 22.4 Å². The van der Waals surface area contributed by atoms with E-state index in [0.29, 0.717) is 6.54 Å². The third-order valence-electron chi connectivity index (χ3n) is 6.43. The van der Waals surface area contributed by atoms with Crippen LogP contribution in [0.1, 0.15) is 43.4 Å². The number of halogens is 1. The molecule has 7 nitrogen and oxygen atoms in total. The second-order valence-corrected chi connectivity index (χ2v) is 11.5. The van der Waals surface area contributed by atoms with E-state index in [1.165, 1.54) is 29.2 Å². The van der Waals surface area contributed by atoms with Gasteiger partial charge in [-0.3, -0.25) is 13.9 Å². The van der Waals surface area contributed by atoms with Gasteiger partial charge in [-0.05, 0) is 69.2 Å². The predicted molar refractivity (Wildman–Crippen MR) is 151 cm³/mol. The summed E-state index contributed by atoms with van der Waals surface area (Å²) in [4.78, 5) is 28.2. The molecule has 0 radical (unpaired) electrons. The smallest absolute Gasteiger partial charge is 0.264 e. The van der Waals surface area contributed by atoms with Crippen molar-refractivity contribution in [3.05, 3.63) is 95.3 Å². The molecular weight excluding hydrogens is 517 g/mol. The van der Waals surface area contributed by atoms with Crippen LogP contribution in [0.2, 0.25) is 0 Å². The van der Waals surface area contributed by atoms with Crippen molar-refractivity contribution in [1.82, 2.24) is 10.2 Å². The van der Waals surface area contributed by atoms with Crippen LogP contribution in [-0.2, 0) is 26.2 Å². The molecule has 0 bridgehead atoms. The van der Waals surface area contributed by atoms with Gasteiger partial charge in [0.2, 0.25) is 11.8 Å². The number of amides is 2. The average molecular weight is 554 g/mol. The minimum absolute atomic E-state index is 0.000756. The van der Waals surface area contributed by atoms with Crippen LogP contribution in [0.25, 0.3) is 0 Å². The Morgan fingerprint density at radius 3 is 2.23 bits per heavy atom. The lowest BCUT2D eigenvalue weighted by Crippen LogP contribution is -2.51. The molecule has 1 atom stereocenters. The van der Waals surface area contributed by atoms with Crippen molar-refractivity contribution in [2.24, 2.45) is 0 Å². The number of rotatable bonds is 12. The van der Waals surface area contributed by atoms with Gasteiger partial charge in [0.1, 0.15) is 18.4 Å². The summed E-state index contributed by atoms with van der Waals surface area (Å²) in [6.45, 7) is 7.45. The number of unbranched alkanes of at least 4 members (excludes halogenated alkanes) is 1. The Morgan fingerprint density at radius 1 is 0.949 bits per heavy atom. The van der Waals surface area contributed by atoms with E-state index in [1.54, 1.807) is 19.1 Å². The zero-order valence-electron chi connectivity index (χ0n) is 22.9. The fraction of sp³-hybridized carbons (Fsp3) is 0.333. The minimum atomic E-state index is -4.19. The van der Waals surface area contributed by atoms with E-state index in [0.717, 1.165) is 46.0 Å². The van der Waals surface area contributed by atoms with Crippen LogP contribution in [0.3, 0.4) is 0 Å². The number of carbonyl (C=O) groups excluding carboxylic acids is 2. The van der Waals surface area contributed by atoms with Gasteiger partial charge in [0.25, 0.3) is 10.0 Å². The van der Waals surface area contributed by atoms with Crippen LogP contribution in [0.4, 0.5) is 10.1 Å². The topological polar surface area (TPSA) is 86.8 Å². The van der Waals surface area contributed by atoms with Crippen molar-refractivity contribution in [2.45, 2.75) is 58.0 Å². The molecule has 0 aliphatic heterocycles. The van der Waals surface area contributed by atoms with Gasteiger partial charge < -0.3 is 10.2 Å². The Kier molecular flexibility index (Phi) is 10.2. The standard InChI is InChI=1S/C30H36FN3O4S/c1-5-6-18-32-30(36)24(4)33(20-25-9-7-8-23(3)19-25)29(35)21-34(27-14-12-26(31)13-15-27)39(37,38)28-16-10-22(2)11-17-28/h7-17,19,24H,5-6,18,20-21H2,1-4H3,(H,32,36)/t24-/m0/s1. The predicted octanol–water partition coefficient (Wildman–Crippen LogP) is 4.97. The number of carbonyl (C=O) groups is 2. The van der Waals surface area contributed by atoms with Crippen molar-refractivity contribution >= 4 is 27.5 Å². The Hall–Kier alpha value is -3.72. The molecule has 1 N–H and O–H groups in total. The van der Waals surface area contributed by atoms with Gasteiger partial charge in [0.05, 0.1) is 10.6 Å². The zero-order chi connectivity index (χ0) is 28.6. The number of benzene rings is 3. The van der Waals surface area contributed by atoms with Crippen molar-refractivity contribution in [2.75, 3.05) is 17.4 Å². The highest BCUT2D eigenvalue weighted by molar-refractivity contribution is 7.92. The molecular formula is C30H36FN3O4S. The minimum Gasteiger partial charge on any atom is -0.354 e. The molecule has 0 aromatic heterocycles. The number of hydrogen-bond acceptors (Lipinski definition) is 4. The Labute approximate surface area is 230 Å². The summed E-state index contributed by atoms with van der Waals surface area (Å²) >= 11 is 0. The van der Waals surface area contributed by atoms with E-state index in [2.05, 4.69) is 5.32 Å². The fourth-order valence-corrected chi connectivity index (χ4v) is 5.51. The maximum Gasteiger partial charge on any atom is 0.264 e. The Morgan fingerprint density at radius 2 is 1.62 bits per heavy atom. The first kappa shape index (κ1) is 29.8. The molecule has 208 valence electrons. The SMILES string of the molecule is CCCCNC(=O)[C@H](C)N(Cc1cccc(C)c1)C(=O)CN(c1ccc(F)cc1)S(=O)(=O)c1ccc(C)cc1. The number of anilines is 1. The van der Waals surface area contributed by atoms with Gasteiger partial charge in [0.15, 0.2) is 0 Å². The van der Waals surface area contributed by atoms with Crippen LogP contribution in [0, 0.1) is 19.7 Å². The number of nitrogens with one attached hydrogen (secondary N) is 1. The van der Waals surface area contributed by atoms with Crippen LogP contribution < -0.4 is 9.62 Å². The molecule has 0 unspecified atom stereocenters. The van der Waals surface area contributed by atoms with Gasteiger partial charge in [-0.25, -0.2) is 12.8 Å². The highest BCUT2D eigenvalue weighted by atomic mass is 32.2. The number of hydrogen-bond donors (Lipinski definition) is 1. The third kappa shape index (κ3) is 7.89. The molecule has 0 aliphatic carbocycles. The molecule has 2 amide bonds. The number of aryl methyl sites for hydroxylation is 2. The maximum atomic E-state index is 13.9. The first-order valence-electron chi connectivity index (χ1n) is 13.0. The summed E-state index contributed by atoms with van der Waals surface area (Å²) in [6, 6.07) is 17.9. The highest BCUT2D eigenvalue weighted by Crippen LogP contribution is 2.25. The second kappa shape index (κ2) is 13.4. The van der Waals surface area contributed by atoms with E-state index in [4.69, 9.17) is 0 Å². The summed E-state index contributed by atoms with van der Waals surface area (Å²) in [5.74, 6) is -1.41. The monoisotopic (exact) mass is 553 g/mol. The molecule has 3 rings (SSSR count). The summed E-state index contributed by atoms with van der Waals surface area (Å²) in [6.07, 6.45) is 1.71. The average Bonchev–Trinajstić information content (AvgIpc) is 2.90. The molecule has 39 heavy (non-hydrogen) atoms. The molecule has 0 aliphatic rings. The van der Waals surface area contributed by atoms with Gasteiger partial charge >= 0.3 is 0 Å². The van der Waals surface area contributed by atoms with Crippen molar-refractivity contribution in [3.8, 4) is 0 Å². The molecule has 3 aromatic carbocycles. The molecule has 0 heterocycles. The largest absolute Gasteiger partial charge is 0.354 e. The van der Waals surface area contributed by atoms with Crippen LogP contribution in [0.5, 0.6) is 0 Å². The van der Waals surface area contributed by atoms with E-state index in [-0.39, 0.29) is 23.0 Å². The third-order valence-corrected chi connectivity index (χ3v) is 8.22. The van der Waals surface area contributed by atoms with Gasteiger partial charge in [-0.15, -0.1) is 0 Å². The summed E-state index contributed by atoms with van der Waals surface area (Å²) in [7, 11) is -4.19. The van der Waals surface area contributed by atoms with Gasteiger partial charge in [0, 0.05) is 13.1 Å². The maximum absolute atomic E-state index is 13.9. The summed E-state index contributed by atoms with van der Waals surface area (Å²) < 4.78 is 42.2. The lowest BCUT2D eigenvalue weighted by molar-refractivity contribution is -0.139. The molecule has 3 aromatic rings. The summed E-state index contributed by atoms with van der Waals surface area (Å²) in [5, 5.41) is 2.86. The number of sulfonamides is 1. The van der Waals surface area contributed by atoms with Crippen molar-refractivity contribution in [1.29, 1.82) is 0 Å². The fourth-order valence-electron chi connectivity index (χ4n) is 4.10. The molecule has 0 fully saturated rings. The van der Waals surface area contributed by atoms with E-state index in [9.17, 15) is 22.4 Å². The molecule has 0 saturated heterocycles. The lowest BCUT2D eigenvalue weighted by atomic mass is 10.1. The highest BCUT2D eigenvalue weighted by Gasteiger charge is 2.32. The normalized spacial score (nSPS) is 12.0. The number of nitrogens with zero attached hydrogens (tertiary/aromatic N) is 2. The molecule has 9 heteroatoms. The zero-order valence-corrected chi connectivity index (χ0v) is 23.7. The van der Waals surface area contributed by atoms with E-state index >= 15 is 0 Å². The second-order valence-electron chi connectivity index (χ2n) is 9.63. The first-order valence-corrected chi connectivity index (χ1v) is 14.4. The van der Waals surface area contributed by atoms with Crippen molar-refractivity contribution in [3.63, 3.8) is 0 Å².